The van der Waals surface area contributed by atoms with Crippen molar-refractivity contribution in [2.24, 2.45) is 12.8 Å². The minimum atomic E-state index is -0.00310. The maximum absolute atomic E-state index is 12.2. The Labute approximate surface area is 93.5 Å². The zero-order valence-electron chi connectivity index (χ0n) is 9.82. The van der Waals surface area contributed by atoms with Gasteiger partial charge in [-0.3, -0.25) is 4.79 Å². The number of imidazole rings is 1. The number of nitrogens with zero attached hydrogens (tertiary/aromatic N) is 3. The summed E-state index contributed by atoms with van der Waals surface area (Å²) in [5.41, 5.74) is 8.13. The van der Waals surface area contributed by atoms with Gasteiger partial charge in [0.15, 0.2) is 0 Å². The molecule has 0 aliphatic carbocycles. The molecule has 2 aromatic rings. The van der Waals surface area contributed by atoms with Crippen molar-refractivity contribution >= 4 is 5.78 Å². The van der Waals surface area contributed by atoms with Gasteiger partial charge in [0, 0.05) is 30.2 Å². The Morgan fingerprint density at radius 2 is 2.06 bits per heavy atom. The van der Waals surface area contributed by atoms with Crippen molar-refractivity contribution in [3.8, 4) is 0 Å². The van der Waals surface area contributed by atoms with Gasteiger partial charge in [0.2, 0.25) is 5.78 Å². The first kappa shape index (κ1) is 10.9. The first-order valence-electron chi connectivity index (χ1n) is 5.30. The highest BCUT2D eigenvalue weighted by atomic mass is 16.1. The Bertz CT molecular complexity index is 594. The van der Waals surface area contributed by atoms with Gasteiger partial charge in [-0.1, -0.05) is 0 Å². The number of aromatic nitrogens is 3. The molecule has 0 aliphatic rings. The third-order valence-electron chi connectivity index (χ3n) is 3.09. The van der Waals surface area contributed by atoms with E-state index in [-0.39, 0.29) is 5.56 Å². The van der Waals surface area contributed by atoms with Gasteiger partial charge in [-0.05, 0) is 26.8 Å². The molecule has 0 saturated heterocycles. The molecule has 2 heterocycles. The Kier molecular flexibility index (Phi) is 2.55. The molecule has 2 rings (SSSR count). The van der Waals surface area contributed by atoms with E-state index in [1.807, 2.05) is 25.5 Å². The predicted molar refractivity (Wildman–Crippen MR) is 62.7 cm³/mol. The Hall–Kier alpha value is -1.62. The summed E-state index contributed by atoms with van der Waals surface area (Å²) < 4.78 is 3.57. The fourth-order valence-corrected chi connectivity index (χ4v) is 1.90. The van der Waals surface area contributed by atoms with Gasteiger partial charge in [0.1, 0.15) is 0 Å². The van der Waals surface area contributed by atoms with E-state index in [2.05, 4.69) is 4.98 Å². The Morgan fingerprint density at radius 3 is 2.69 bits per heavy atom. The van der Waals surface area contributed by atoms with Crippen molar-refractivity contribution in [1.29, 1.82) is 0 Å². The fourth-order valence-electron chi connectivity index (χ4n) is 1.90. The van der Waals surface area contributed by atoms with Gasteiger partial charge < -0.3 is 10.3 Å². The van der Waals surface area contributed by atoms with E-state index < -0.39 is 0 Å². The molecule has 0 spiro atoms. The SMILES string of the molecule is Cc1c(C)n2c(=O)c(CCN)cnc2n1C. The number of hydrogen-bond donors (Lipinski definition) is 1. The molecule has 0 atom stereocenters. The van der Waals surface area contributed by atoms with Gasteiger partial charge in [0.05, 0.1) is 0 Å². The van der Waals surface area contributed by atoms with Crippen LogP contribution < -0.4 is 11.3 Å². The molecule has 0 unspecified atom stereocenters. The summed E-state index contributed by atoms with van der Waals surface area (Å²) in [6.07, 6.45) is 2.20. The van der Waals surface area contributed by atoms with Crippen LogP contribution in [0, 0.1) is 13.8 Å². The van der Waals surface area contributed by atoms with Crippen molar-refractivity contribution in [2.45, 2.75) is 20.3 Å². The first-order chi connectivity index (χ1) is 7.57. The lowest BCUT2D eigenvalue weighted by molar-refractivity contribution is 0.862. The van der Waals surface area contributed by atoms with Crippen molar-refractivity contribution < 1.29 is 0 Å². The average molecular weight is 220 g/mol. The summed E-state index contributed by atoms with van der Waals surface area (Å²) in [4.78, 5) is 16.5. The monoisotopic (exact) mass is 220 g/mol. The topological polar surface area (TPSA) is 65.3 Å². The lowest BCUT2D eigenvalue weighted by Gasteiger charge is -2.00. The molecule has 5 nitrogen and oxygen atoms in total. The van der Waals surface area contributed by atoms with Crippen LogP contribution in [0.15, 0.2) is 11.0 Å². The minimum Gasteiger partial charge on any atom is -0.330 e. The lowest BCUT2D eigenvalue weighted by Crippen LogP contribution is -2.22. The highest BCUT2D eigenvalue weighted by Crippen LogP contribution is 2.10. The third kappa shape index (κ3) is 1.36. The second-order valence-electron chi connectivity index (χ2n) is 3.99. The summed E-state index contributed by atoms with van der Waals surface area (Å²) in [6.45, 7) is 4.37. The molecule has 0 bridgehead atoms. The van der Waals surface area contributed by atoms with Crippen LogP contribution >= 0.6 is 0 Å². The zero-order valence-corrected chi connectivity index (χ0v) is 9.82. The van der Waals surface area contributed by atoms with Crippen LogP contribution in [0.5, 0.6) is 0 Å². The Balaban J connectivity index is 2.84. The molecular weight excluding hydrogens is 204 g/mol. The van der Waals surface area contributed by atoms with Gasteiger partial charge in [-0.15, -0.1) is 0 Å². The summed E-state index contributed by atoms with van der Waals surface area (Å²) in [5.74, 6) is 0.681. The number of hydrogen-bond acceptors (Lipinski definition) is 3. The molecular formula is C11H16N4O. The van der Waals surface area contributed by atoms with E-state index in [0.29, 0.717) is 24.3 Å². The number of aryl methyl sites for hydroxylation is 2. The molecule has 5 heteroatoms. The molecule has 0 radical (unpaired) electrons. The van der Waals surface area contributed by atoms with Crippen molar-refractivity contribution in [3.05, 3.63) is 33.5 Å². The summed E-state index contributed by atoms with van der Waals surface area (Å²) in [5, 5.41) is 0. The molecule has 0 aromatic carbocycles. The van der Waals surface area contributed by atoms with E-state index in [1.165, 1.54) is 0 Å². The minimum absolute atomic E-state index is 0.00310. The standard InChI is InChI=1S/C11H16N4O/c1-7-8(2)15-10(16)9(4-5-12)6-13-11(15)14(7)3/h6H,4-5,12H2,1-3H3. The highest BCUT2D eigenvalue weighted by Gasteiger charge is 2.12. The molecule has 16 heavy (non-hydrogen) atoms. The van der Waals surface area contributed by atoms with Crippen LogP contribution in [0.25, 0.3) is 5.78 Å². The lowest BCUT2D eigenvalue weighted by atomic mass is 10.2. The van der Waals surface area contributed by atoms with Crippen LogP contribution in [0.2, 0.25) is 0 Å². The van der Waals surface area contributed by atoms with E-state index >= 15 is 0 Å². The largest absolute Gasteiger partial charge is 0.330 e. The second kappa shape index (κ2) is 3.75. The number of nitrogens with two attached hydrogens (primary N) is 1. The van der Waals surface area contributed by atoms with Crippen molar-refractivity contribution in [3.63, 3.8) is 0 Å². The first-order valence-corrected chi connectivity index (χ1v) is 5.30. The van der Waals surface area contributed by atoms with E-state index in [0.717, 1.165) is 11.4 Å². The average Bonchev–Trinajstić information content (AvgIpc) is 2.48. The second-order valence-corrected chi connectivity index (χ2v) is 3.99. The Morgan fingerprint density at radius 1 is 1.38 bits per heavy atom. The highest BCUT2D eigenvalue weighted by molar-refractivity contribution is 5.38. The number of fused-ring (bicyclic) bond motifs is 1. The maximum Gasteiger partial charge on any atom is 0.262 e. The van der Waals surface area contributed by atoms with E-state index in [4.69, 9.17) is 5.73 Å². The normalized spacial score (nSPS) is 11.2. The summed E-state index contributed by atoms with van der Waals surface area (Å²) in [6, 6.07) is 0. The van der Waals surface area contributed by atoms with Crippen LogP contribution in [0.3, 0.4) is 0 Å². The van der Waals surface area contributed by atoms with E-state index in [9.17, 15) is 4.79 Å². The van der Waals surface area contributed by atoms with E-state index in [1.54, 1.807) is 10.6 Å². The van der Waals surface area contributed by atoms with Crippen molar-refractivity contribution in [2.75, 3.05) is 6.54 Å². The van der Waals surface area contributed by atoms with Gasteiger partial charge in [-0.2, -0.15) is 0 Å². The zero-order chi connectivity index (χ0) is 11.9. The third-order valence-corrected chi connectivity index (χ3v) is 3.09. The number of rotatable bonds is 2. The quantitative estimate of drug-likeness (QED) is 0.783. The maximum atomic E-state index is 12.2. The molecule has 0 fully saturated rings. The molecule has 86 valence electrons. The van der Waals surface area contributed by atoms with Crippen molar-refractivity contribution in [1.82, 2.24) is 14.0 Å². The smallest absolute Gasteiger partial charge is 0.262 e. The van der Waals surface area contributed by atoms with Gasteiger partial charge in [0.25, 0.3) is 5.56 Å². The summed E-state index contributed by atoms with van der Waals surface area (Å²) >= 11 is 0. The summed E-state index contributed by atoms with van der Waals surface area (Å²) in [7, 11) is 1.91. The predicted octanol–water partition coefficient (Wildman–Crippen LogP) is 0.151. The molecule has 2 N–H and O–H groups in total. The van der Waals surface area contributed by atoms with Crippen LogP contribution in [-0.4, -0.2) is 20.5 Å². The molecule has 0 amide bonds. The molecule has 0 saturated carbocycles. The molecule has 2 aromatic heterocycles. The molecule has 0 aliphatic heterocycles. The van der Waals surface area contributed by atoms with Gasteiger partial charge in [-0.25, -0.2) is 9.38 Å². The van der Waals surface area contributed by atoms with Crippen LogP contribution in [0.1, 0.15) is 17.0 Å². The van der Waals surface area contributed by atoms with Crippen LogP contribution in [-0.2, 0) is 13.5 Å². The van der Waals surface area contributed by atoms with Gasteiger partial charge >= 0.3 is 0 Å². The van der Waals surface area contributed by atoms with Crippen LogP contribution in [0.4, 0.5) is 0 Å². The fraction of sp³-hybridized carbons (Fsp3) is 0.455.